The van der Waals surface area contributed by atoms with Crippen molar-refractivity contribution < 1.29 is 4.79 Å². The maximum Gasteiger partial charge on any atom is 0.321 e. The minimum atomic E-state index is -0.0836. The molecule has 3 aromatic rings. The highest BCUT2D eigenvalue weighted by atomic mass is 16.2. The van der Waals surface area contributed by atoms with E-state index in [0.717, 1.165) is 38.2 Å². The smallest absolute Gasteiger partial charge is 0.321 e. The fourth-order valence-electron chi connectivity index (χ4n) is 5.31. The van der Waals surface area contributed by atoms with Gasteiger partial charge in [0.1, 0.15) is 0 Å². The number of carbonyl (C=O) groups is 1. The van der Waals surface area contributed by atoms with Crippen LogP contribution in [0.2, 0.25) is 0 Å². The van der Waals surface area contributed by atoms with Crippen molar-refractivity contribution in [2.75, 3.05) is 29.9 Å². The van der Waals surface area contributed by atoms with E-state index in [-0.39, 0.29) is 11.6 Å². The second-order valence-electron chi connectivity index (χ2n) is 8.81. The highest BCUT2D eigenvalue weighted by molar-refractivity contribution is 5.89. The molecule has 0 saturated carbocycles. The van der Waals surface area contributed by atoms with E-state index in [9.17, 15) is 4.79 Å². The molecule has 1 aromatic heterocycles. The summed E-state index contributed by atoms with van der Waals surface area (Å²) in [6.07, 6.45) is 4.01. The summed E-state index contributed by atoms with van der Waals surface area (Å²) >= 11 is 0. The number of nitrogens with zero attached hydrogens (tertiary/aromatic N) is 3. The van der Waals surface area contributed by atoms with Crippen LogP contribution in [0.3, 0.4) is 0 Å². The first-order chi connectivity index (χ1) is 15.0. The summed E-state index contributed by atoms with van der Waals surface area (Å²) in [4.78, 5) is 17.4. The lowest BCUT2D eigenvalue weighted by Gasteiger charge is -2.53. The van der Waals surface area contributed by atoms with Gasteiger partial charge in [-0.25, -0.2) is 4.79 Å². The van der Waals surface area contributed by atoms with E-state index in [1.54, 1.807) is 0 Å². The number of benzene rings is 2. The van der Waals surface area contributed by atoms with Gasteiger partial charge in [0.05, 0.1) is 16.9 Å². The molecule has 160 valence electrons. The van der Waals surface area contributed by atoms with E-state index in [0.29, 0.717) is 0 Å². The number of likely N-dealkylation sites (tertiary alicyclic amines) is 1. The van der Waals surface area contributed by atoms with Crippen molar-refractivity contribution in [2.45, 2.75) is 39.2 Å². The van der Waals surface area contributed by atoms with Crippen molar-refractivity contribution in [3.05, 3.63) is 77.6 Å². The molecule has 5 rings (SSSR count). The van der Waals surface area contributed by atoms with Crippen LogP contribution in [0.15, 0.2) is 60.8 Å². The zero-order valence-corrected chi connectivity index (χ0v) is 18.6. The fourth-order valence-corrected chi connectivity index (χ4v) is 5.31. The number of piperidine rings is 1. The van der Waals surface area contributed by atoms with E-state index in [2.05, 4.69) is 72.1 Å². The molecule has 1 fully saturated rings. The molecule has 1 N–H and O–H groups in total. The summed E-state index contributed by atoms with van der Waals surface area (Å²) in [7, 11) is 0. The Labute approximate surface area is 184 Å². The summed E-state index contributed by atoms with van der Waals surface area (Å²) in [6.45, 7) is 8.86. The molecule has 2 aliphatic rings. The Morgan fingerprint density at radius 3 is 2.39 bits per heavy atom. The number of fused-ring (bicyclic) bond motifs is 4. The Morgan fingerprint density at radius 2 is 1.68 bits per heavy atom. The summed E-state index contributed by atoms with van der Waals surface area (Å²) < 4.78 is 2.35. The first-order valence-electron chi connectivity index (χ1n) is 11.2. The van der Waals surface area contributed by atoms with Crippen molar-refractivity contribution >= 4 is 17.4 Å². The number of aryl methyl sites for hydroxylation is 2. The maximum absolute atomic E-state index is 12.9. The van der Waals surface area contributed by atoms with E-state index in [4.69, 9.17) is 0 Å². The standard InChI is InChI=1S/C26H30N4O/c1-4-30-23-18-20(3)9-12-22(23)29-15-5-6-24(29)26(30)13-16-28(17-14-26)25(31)27-21-10-7-19(2)8-11-21/h5-12,15,18H,4,13-14,16-17H2,1-3H3,(H,27,31). The molecule has 2 amide bonds. The number of hydrogen-bond acceptors (Lipinski definition) is 2. The third-order valence-electron chi connectivity index (χ3n) is 6.92. The monoisotopic (exact) mass is 414 g/mol. The van der Waals surface area contributed by atoms with Gasteiger partial charge in [-0.3, -0.25) is 0 Å². The third-order valence-corrected chi connectivity index (χ3v) is 6.92. The van der Waals surface area contributed by atoms with Crippen LogP contribution in [0.4, 0.5) is 16.2 Å². The minimum Gasteiger partial charge on any atom is -0.359 e. The highest BCUT2D eigenvalue weighted by Crippen LogP contribution is 2.48. The number of rotatable bonds is 2. The van der Waals surface area contributed by atoms with Gasteiger partial charge in [0.15, 0.2) is 0 Å². The van der Waals surface area contributed by atoms with Crippen LogP contribution in [0.25, 0.3) is 5.69 Å². The second-order valence-corrected chi connectivity index (χ2v) is 8.81. The van der Waals surface area contributed by atoms with E-state index >= 15 is 0 Å². The van der Waals surface area contributed by atoms with Crippen LogP contribution in [0, 0.1) is 13.8 Å². The van der Waals surface area contributed by atoms with Crippen LogP contribution in [0.1, 0.15) is 36.6 Å². The SMILES string of the molecule is CCN1c2cc(C)ccc2-n2cccc2C12CCN(C(=O)Nc1ccc(C)cc1)CC2. The van der Waals surface area contributed by atoms with E-state index in [1.807, 2.05) is 29.2 Å². The number of urea groups is 1. The van der Waals surface area contributed by atoms with Gasteiger partial charge in [-0.05, 0) is 75.6 Å². The summed E-state index contributed by atoms with van der Waals surface area (Å²) in [5, 5.41) is 3.06. The second kappa shape index (κ2) is 7.49. The molecule has 0 atom stereocenters. The third kappa shape index (κ3) is 3.19. The summed E-state index contributed by atoms with van der Waals surface area (Å²) in [6, 6.07) is 19.1. The molecule has 0 unspecified atom stereocenters. The Hall–Kier alpha value is -3.21. The van der Waals surface area contributed by atoms with Gasteiger partial charge < -0.3 is 19.7 Å². The molecule has 5 heteroatoms. The quantitative estimate of drug-likeness (QED) is 0.605. The first kappa shape index (κ1) is 19.7. The van der Waals surface area contributed by atoms with Gasteiger partial charge in [-0.15, -0.1) is 0 Å². The molecule has 0 aliphatic carbocycles. The van der Waals surface area contributed by atoms with Crippen molar-refractivity contribution in [3.63, 3.8) is 0 Å². The van der Waals surface area contributed by atoms with Crippen LogP contribution in [0.5, 0.6) is 0 Å². The average Bonchev–Trinajstić information content (AvgIpc) is 3.27. The summed E-state index contributed by atoms with van der Waals surface area (Å²) in [5.41, 5.74) is 7.11. The average molecular weight is 415 g/mol. The largest absolute Gasteiger partial charge is 0.359 e. The number of hydrogen-bond donors (Lipinski definition) is 1. The van der Waals surface area contributed by atoms with Gasteiger partial charge in [0, 0.05) is 37.2 Å². The van der Waals surface area contributed by atoms with Gasteiger partial charge >= 0.3 is 6.03 Å². The predicted molar refractivity (Wildman–Crippen MR) is 126 cm³/mol. The molecule has 1 saturated heterocycles. The molecule has 31 heavy (non-hydrogen) atoms. The van der Waals surface area contributed by atoms with Crippen LogP contribution < -0.4 is 10.2 Å². The Balaban J connectivity index is 1.41. The number of aromatic nitrogens is 1. The minimum absolute atomic E-state index is 0.0100. The summed E-state index contributed by atoms with van der Waals surface area (Å²) in [5.74, 6) is 0. The zero-order chi connectivity index (χ0) is 21.6. The lowest BCUT2D eigenvalue weighted by atomic mass is 9.80. The predicted octanol–water partition coefficient (Wildman–Crippen LogP) is 5.46. The number of carbonyl (C=O) groups excluding carboxylic acids is 1. The fraction of sp³-hybridized carbons (Fsp3) is 0.346. The van der Waals surface area contributed by atoms with Crippen LogP contribution in [-0.2, 0) is 5.54 Å². The molecule has 2 aliphatic heterocycles. The Bertz CT molecular complexity index is 1110. The van der Waals surface area contributed by atoms with Crippen molar-refractivity contribution in [1.29, 1.82) is 0 Å². The molecular formula is C26H30N4O. The molecule has 2 aromatic carbocycles. The van der Waals surface area contributed by atoms with Gasteiger partial charge in [-0.2, -0.15) is 0 Å². The van der Waals surface area contributed by atoms with Gasteiger partial charge in [0.25, 0.3) is 0 Å². The molecule has 3 heterocycles. The highest BCUT2D eigenvalue weighted by Gasteiger charge is 2.46. The van der Waals surface area contributed by atoms with Gasteiger partial charge in [0.2, 0.25) is 0 Å². The normalized spacial score (nSPS) is 16.7. The van der Waals surface area contributed by atoms with Crippen LogP contribution >= 0.6 is 0 Å². The van der Waals surface area contributed by atoms with Crippen molar-refractivity contribution in [1.82, 2.24) is 9.47 Å². The first-order valence-corrected chi connectivity index (χ1v) is 11.2. The van der Waals surface area contributed by atoms with E-state index < -0.39 is 0 Å². The maximum atomic E-state index is 12.9. The van der Waals surface area contributed by atoms with E-state index in [1.165, 1.54) is 28.2 Å². The number of amides is 2. The molecule has 0 bridgehead atoms. The molecule has 5 nitrogen and oxygen atoms in total. The van der Waals surface area contributed by atoms with Crippen molar-refractivity contribution in [3.8, 4) is 5.69 Å². The lowest BCUT2D eigenvalue weighted by molar-refractivity contribution is 0.161. The lowest BCUT2D eigenvalue weighted by Crippen LogP contribution is -2.57. The molecule has 0 radical (unpaired) electrons. The molecular weight excluding hydrogens is 384 g/mol. The topological polar surface area (TPSA) is 40.5 Å². The zero-order valence-electron chi connectivity index (χ0n) is 18.6. The van der Waals surface area contributed by atoms with Crippen LogP contribution in [-0.4, -0.2) is 35.1 Å². The Kier molecular flexibility index (Phi) is 4.77. The Morgan fingerprint density at radius 1 is 0.968 bits per heavy atom. The number of anilines is 2. The number of nitrogens with one attached hydrogen (secondary N) is 1. The van der Waals surface area contributed by atoms with Gasteiger partial charge in [-0.1, -0.05) is 23.8 Å². The van der Waals surface area contributed by atoms with Crippen molar-refractivity contribution in [2.24, 2.45) is 0 Å². The molecule has 1 spiro atoms.